The third-order valence-electron chi connectivity index (χ3n) is 1.15. The Morgan fingerprint density at radius 1 is 1.70 bits per heavy atom. The third kappa shape index (κ3) is 3.40. The van der Waals surface area contributed by atoms with Crippen LogP contribution in [-0.4, -0.2) is 37.6 Å². The zero-order valence-corrected chi connectivity index (χ0v) is 6.30. The zero-order valence-electron chi connectivity index (χ0n) is 6.30. The van der Waals surface area contributed by atoms with Gasteiger partial charge in [-0.2, -0.15) is 0 Å². The molecule has 0 radical (unpaired) electrons. The van der Waals surface area contributed by atoms with Crippen molar-refractivity contribution in [1.29, 1.82) is 0 Å². The van der Waals surface area contributed by atoms with E-state index in [1.165, 1.54) is 4.90 Å². The second kappa shape index (κ2) is 4.22. The molecule has 4 heteroatoms. The fraction of sp³-hybridized carbons (Fsp3) is 0.833. The summed E-state index contributed by atoms with van der Waals surface area (Å²) in [5, 5.41) is 0. The molecule has 1 atom stereocenters. The van der Waals surface area contributed by atoms with Gasteiger partial charge in [0.2, 0.25) is 5.91 Å². The van der Waals surface area contributed by atoms with Gasteiger partial charge in [0.25, 0.3) is 0 Å². The van der Waals surface area contributed by atoms with Gasteiger partial charge in [-0.25, -0.2) is 4.39 Å². The standard InChI is InChI=1S/C6H13FN2O/c1-9(2)6(10)3-5(7)4-8/h5H,3-4,8H2,1-2H3/t5-/m0/s1. The predicted octanol–water partition coefficient (Wildman–Crippen LogP) is -0.238. The summed E-state index contributed by atoms with van der Waals surface area (Å²) in [5.74, 6) is -0.224. The second-order valence-corrected chi connectivity index (χ2v) is 2.33. The molecule has 0 unspecified atom stereocenters. The largest absolute Gasteiger partial charge is 0.349 e. The summed E-state index contributed by atoms with van der Waals surface area (Å²) in [6, 6.07) is 0. The molecule has 2 N–H and O–H groups in total. The number of hydrogen-bond acceptors (Lipinski definition) is 2. The predicted molar refractivity (Wildman–Crippen MR) is 37.3 cm³/mol. The molecule has 0 saturated heterocycles. The highest BCUT2D eigenvalue weighted by molar-refractivity contribution is 5.76. The van der Waals surface area contributed by atoms with Gasteiger partial charge in [0, 0.05) is 20.6 Å². The molecular weight excluding hydrogens is 135 g/mol. The first-order chi connectivity index (χ1) is 4.57. The van der Waals surface area contributed by atoms with Gasteiger partial charge in [-0.3, -0.25) is 4.79 Å². The van der Waals surface area contributed by atoms with Gasteiger partial charge < -0.3 is 10.6 Å². The van der Waals surface area contributed by atoms with E-state index in [0.717, 1.165) is 0 Å². The van der Waals surface area contributed by atoms with Crippen molar-refractivity contribution in [2.75, 3.05) is 20.6 Å². The Labute approximate surface area is 60.0 Å². The Morgan fingerprint density at radius 2 is 2.20 bits per heavy atom. The van der Waals surface area contributed by atoms with Gasteiger partial charge in [-0.15, -0.1) is 0 Å². The van der Waals surface area contributed by atoms with Crippen LogP contribution in [0.3, 0.4) is 0 Å². The Hall–Kier alpha value is -0.640. The van der Waals surface area contributed by atoms with E-state index in [0.29, 0.717) is 0 Å². The molecule has 0 spiro atoms. The number of halogens is 1. The summed E-state index contributed by atoms with van der Waals surface area (Å²) in [6.07, 6.45) is -1.31. The van der Waals surface area contributed by atoms with Gasteiger partial charge in [-0.05, 0) is 0 Å². The van der Waals surface area contributed by atoms with E-state index in [9.17, 15) is 9.18 Å². The molecular formula is C6H13FN2O. The Kier molecular flexibility index (Phi) is 3.95. The number of nitrogens with two attached hydrogens (primary N) is 1. The van der Waals surface area contributed by atoms with Crippen molar-refractivity contribution in [2.45, 2.75) is 12.6 Å². The molecule has 0 aromatic rings. The normalized spacial score (nSPS) is 12.8. The molecule has 60 valence electrons. The Balaban J connectivity index is 3.57. The van der Waals surface area contributed by atoms with E-state index in [-0.39, 0.29) is 18.9 Å². The van der Waals surface area contributed by atoms with Crippen molar-refractivity contribution in [3.05, 3.63) is 0 Å². The van der Waals surface area contributed by atoms with Gasteiger partial charge in [0.1, 0.15) is 6.17 Å². The van der Waals surface area contributed by atoms with Crippen LogP contribution in [0.2, 0.25) is 0 Å². The molecule has 0 aliphatic carbocycles. The van der Waals surface area contributed by atoms with Crippen molar-refractivity contribution >= 4 is 5.91 Å². The number of carbonyl (C=O) groups is 1. The average molecular weight is 148 g/mol. The minimum absolute atomic E-state index is 0.0837. The van der Waals surface area contributed by atoms with Crippen molar-refractivity contribution in [2.24, 2.45) is 5.73 Å². The van der Waals surface area contributed by atoms with Gasteiger partial charge in [0.05, 0.1) is 6.42 Å². The highest BCUT2D eigenvalue weighted by Gasteiger charge is 2.11. The van der Waals surface area contributed by atoms with Crippen LogP contribution in [0.4, 0.5) is 4.39 Å². The lowest BCUT2D eigenvalue weighted by Gasteiger charge is -2.10. The van der Waals surface area contributed by atoms with Crippen LogP contribution in [-0.2, 0) is 4.79 Å². The second-order valence-electron chi connectivity index (χ2n) is 2.33. The topological polar surface area (TPSA) is 46.3 Å². The number of rotatable bonds is 3. The molecule has 0 aromatic carbocycles. The fourth-order valence-electron chi connectivity index (χ4n) is 0.455. The highest BCUT2D eigenvalue weighted by Crippen LogP contribution is 1.97. The van der Waals surface area contributed by atoms with E-state index in [1.54, 1.807) is 14.1 Å². The maximum atomic E-state index is 12.4. The number of nitrogens with zero attached hydrogens (tertiary/aromatic N) is 1. The van der Waals surface area contributed by atoms with Gasteiger partial charge in [-0.1, -0.05) is 0 Å². The quantitative estimate of drug-likeness (QED) is 0.600. The summed E-state index contributed by atoms with van der Waals surface area (Å²) < 4.78 is 12.4. The molecule has 0 aromatic heterocycles. The summed E-state index contributed by atoms with van der Waals surface area (Å²) in [7, 11) is 3.18. The van der Waals surface area contributed by atoms with Gasteiger partial charge in [0.15, 0.2) is 0 Å². The smallest absolute Gasteiger partial charge is 0.225 e. The molecule has 0 aliphatic heterocycles. The minimum Gasteiger partial charge on any atom is -0.349 e. The Bertz CT molecular complexity index is 116. The van der Waals surface area contributed by atoms with E-state index in [1.807, 2.05) is 0 Å². The van der Waals surface area contributed by atoms with Crippen LogP contribution in [0.5, 0.6) is 0 Å². The maximum Gasteiger partial charge on any atom is 0.225 e. The minimum atomic E-state index is -1.20. The first-order valence-corrected chi connectivity index (χ1v) is 3.12. The van der Waals surface area contributed by atoms with Crippen LogP contribution >= 0.6 is 0 Å². The lowest BCUT2D eigenvalue weighted by atomic mass is 10.2. The van der Waals surface area contributed by atoms with Crippen LogP contribution < -0.4 is 5.73 Å². The molecule has 0 bridgehead atoms. The molecule has 0 rings (SSSR count). The highest BCUT2D eigenvalue weighted by atomic mass is 19.1. The van der Waals surface area contributed by atoms with Crippen LogP contribution in [0.25, 0.3) is 0 Å². The fourth-order valence-corrected chi connectivity index (χ4v) is 0.455. The number of amides is 1. The summed E-state index contributed by atoms with van der Waals surface area (Å²) in [6.45, 7) is -0.0837. The SMILES string of the molecule is CN(C)C(=O)C[C@H](F)CN. The molecule has 0 fully saturated rings. The van der Waals surface area contributed by atoms with E-state index >= 15 is 0 Å². The maximum absolute atomic E-state index is 12.4. The van der Waals surface area contributed by atoms with Crippen molar-refractivity contribution in [1.82, 2.24) is 4.90 Å². The summed E-state index contributed by atoms with van der Waals surface area (Å²) >= 11 is 0. The van der Waals surface area contributed by atoms with E-state index in [4.69, 9.17) is 5.73 Å². The van der Waals surface area contributed by atoms with Crippen molar-refractivity contribution < 1.29 is 9.18 Å². The van der Waals surface area contributed by atoms with Crippen molar-refractivity contribution in [3.63, 3.8) is 0 Å². The molecule has 0 saturated carbocycles. The van der Waals surface area contributed by atoms with Crippen molar-refractivity contribution in [3.8, 4) is 0 Å². The first-order valence-electron chi connectivity index (χ1n) is 3.12. The first kappa shape index (κ1) is 9.36. The molecule has 0 aliphatic rings. The number of alkyl halides is 1. The molecule has 10 heavy (non-hydrogen) atoms. The average Bonchev–Trinajstić information content (AvgIpc) is 1.87. The van der Waals surface area contributed by atoms with E-state index < -0.39 is 6.17 Å². The van der Waals surface area contributed by atoms with Gasteiger partial charge >= 0.3 is 0 Å². The number of carbonyl (C=O) groups excluding carboxylic acids is 1. The third-order valence-corrected chi connectivity index (χ3v) is 1.15. The Morgan fingerprint density at radius 3 is 2.50 bits per heavy atom. The van der Waals surface area contributed by atoms with Crippen LogP contribution in [0.15, 0.2) is 0 Å². The molecule has 3 nitrogen and oxygen atoms in total. The zero-order chi connectivity index (χ0) is 8.15. The summed E-state index contributed by atoms with van der Waals surface area (Å²) in [4.78, 5) is 12.1. The lowest BCUT2D eigenvalue weighted by molar-refractivity contribution is -0.129. The molecule has 0 heterocycles. The molecule has 1 amide bonds. The lowest BCUT2D eigenvalue weighted by Crippen LogP contribution is -2.27. The monoisotopic (exact) mass is 148 g/mol. The van der Waals surface area contributed by atoms with Crippen LogP contribution in [0, 0.1) is 0 Å². The van der Waals surface area contributed by atoms with Crippen LogP contribution in [0.1, 0.15) is 6.42 Å². The summed E-state index contributed by atoms with van der Waals surface area (Å²) in [5.41, 5.74) is 4.97. The van der Waals surface area contributed by atoms with E-state index in [2.05, 4.69) is 0 Å². The number of hydrogen-bond donors (Lipinski definition) is 1.